The minimum atomic E-state index is -0.00227. The summed E-state index contributed by atoms with van der Waals surface area (Å²) in [6.45, 7) is 26.8. The first-order chi connectivity index (χ1) is 31.0. The van der Waals surface area contributed by atoms with E-state index < -0.39 is 0 Å². The Morgan fingerprint density at radius 3 is 2.12 bits per heavy atom. The van der Waals surface area contributed by atoms with E-state index in [1.54, 1.807) is 33.1 Å². The van der Waals surface area contributed by atoms with E-state index in [4.69, 9.17) is 0 Å². The third kappa shape index (κ3) is 5.97. The first-order valence-electron chi connectivity index (χ1n) is 24.4. The molecule has 326 valence electrons. The van der Waals surface area contributed by atoms with E-state index in [1.807, 2.05) is 11.3 Å². The number of rotatable bonds is 4. The summed E-state index contributed by atoms with van der Waals surface area (Å²) in [5, 5.41) is 1.41. The van der Waals surface area contributed by atoms with Crippen LogP contribution in [-0.4, -0.2) is 18.8 Å². The lowest BCUT2D eigenvalue weighted by Gasteiger charge is -2.54. The molecule has 0 radical (unpaired) electrons. The number of aryl methyl sites for hydroxylation is 3. The van der Waals surface area contributed by atoms with Gasteiger partial charge < -0.3 is 9.80 Å². The van der Waals surface area contributed by atoms with Crippen molar-refractivity contribution < 1.29 is 0 Å². The molecule has 5 aromatic carbocycles. The van der Waals surface area contributed by atoms with Crippen LogP contribution in [0, 0.1) is 31.6 Å². The van der Waals surface area contributed by atoms with Gasteiger partial charge in [-0.2, -0.15) is 0 Å². The zero-order valence-corrected chi connectivity index (χ0v) is 41.2. The highest BCUT2D eigenvalue weighted by Gasteiger charge is 2.53. The minimum Gasteiger partial charge on any atom is -0.359 e. The highest BCUT2D eigenvalue weighted by atomic mass is 32.1. The monoisotopic (exact) mass is 866 g/mol. The molecule has 0 amide bonds. The average Bonchev–Trinajstić information content (AvgIpc) is 3.80. The van der Waals surface area contributed by atoms with Crippen molar-refractivity contribution in [3.05, 3.63) is 181 Å². The fraction of sp³-hybridized carbons (Fsp3) is 0.344. The van der Waals surface area contributed by atoms with E-state index in [1.165, 1.54) is 95.1 Å². The normalized spacial score (nSPS) is 22.1. The van der Waals surface area contributed by atoms with Crippen LogP contribution in [0.25, 0.3) is 21.2 Å². The Kier molecular flexibility index (Phi) is 8.92. The quantitative estimate of drug-likeness (QED) is 0.163. The van der Waals surface area contributed by atoms with Crippen LogP contribution in [0.15, 0.2) is 143 Å². The summed E-state index contributed by atoms with van der Waals surface area (Å²) in [5.41, 5.74) is 26.6. The van der Waals surface area contributed by atoms with Gasteiger partial charge in [0.25, 0.3) is 0 Å². The number of hydrogen-bond donors (Lipinski definition) is 0. The van der Waals surface area contributed by atoms with Crippen molar-refractivity contribution in [2.24, 2.45) is 10.8 Å². The van der Waals surface area contributed by atoms with Crippen molar-refractivity contribution >= 4 is 56.1 Å². The van der Waals surface area contributed by atoms with E-state index in [-0.39, 0.29) is 41.0 Å². The first-order valence-corrected chi connectivity index (χ1v) is 25.2. The molecule has 0 saturated carbocycles. The summed E-state index contributed by atoms with van der Waals surface area (Å²) in [6, 6.07) is 38.0. The van der Waals surface area contributed by atoms with Crippen LogP contribution in [0.1, 0.15) is 125 Å². The number of benzene rings is 5. The van der Waals surface area contributed by atoms with Crippen LogP contribution >= 0.6 is 11.3 Å². The molecule has 4 aliphatic carbocycles. The number of hydrogen-bond acceptors (Lipinski definition) is 3. The molecule has 65 heavy (non-hydrogen) atoms. The molecule has 1 aromatic heterocycles. The van der Waals surface area contributed by atoms with Crippen LogP contribution in [0.3, 0.4) is 0 Å². The van der Waals surface area contributed by atoms with Crippen molar-refractivity contribution in [2.75, 3.05) is 9.80 Å². The minimum absolute atomic E-state index is 0.00227. The maximum absolute atomic E-state index is 2.99. The average molecular weight is 867 g/mol. The van der Waals surface area contributed by atoms with Crippen LogP contribution in [0.2, 0.25) is 0 Å². The Hall–Kier alpha value is -5.32. The third-order valence-electron chi connectivity index (χ3n) is 16.8. The van der Waals surface area contributed by atoms with E-state index in [2.05, 4.69) is 201 Å². The molecule has 3 atom stereocenters. The Morgan fingerprint density at radius 2 is 1.42 bits per heavy atom. The highest BCUT2D eigenvalue weighted by molar-refractivity contribution is 7.20. The summed E-state index contributed by atoms with van der Waals surface area (Å²) in [5.74, 6) is 0.230. The summed E-state index contributed by atoms with van der Waals surface area (Å²) in [4.78, 5) is 7.13. The van der Waals surface area contributed by atoms with Gasteiger partial charge >= 0.3 is 0 Å². The van der Waals surface area contributed by atoms with Crippen LogP contribution in [0.4, 0.5) is 17.1 Å². The molecular weight excluding hydrogens is 804 g/mol. The Balaban J connectivity index is 1.15. The van der Waals surface area contributed by atoms with Crippen molar-refractivity contribution in [1.82, 2.24) is 0 Å². The first kappa shape index (κ1) is 41.1. The zero-order chi connectivity index (χ0) is 45.1. The summed E-state index contributed by atoms with van der Waals surface area (Å²) < 4.78 is 1.40. The Labute approximate surface area is 392 Å². The molecule has 2 nitrogen and oxygen atoms in total. The second-order valence-electron chi connectivity index (χ2n) is 22.9. The predicted octanol–water partition coefficient (Wildman–Crippen LogP) is 14.8. The molecule has 4 heteroatoms. The highest BCUT2D eigenvalue weighted by Crippen LogP contribution is 2.59. The number of anilines is 3. The molecule has 6 aliphatic rings. The molecule has 0 fully saturated rings. The van der Waals surface area contributed by atoms with Gasteiger partial charge in [0.05, 0.1) is 6.04 Å². The van der Waals surface area contributed by atoms with Gasteiger partial charge in [0, 0.05) is 61.7 Å². The predicted molar refractivity (Wildman–Crippen MR) is 281 cm³/mol. The lowest BCUT2D eigenvalue weighted by molar-refractivity contribution is 0.253. The van der Waals surface area contributed by atoms with Gasteiger partial charge in [-0.3, -0.25) is 0 Å². The Bertz CT molecular complexity index is 3130. The zero-order valence-electron chi connectivity index (χ0n) is 40.4. The number of allylic oxidation sites excluding steroid dienone is 4. The maximum Gasteiger partial charge on any atom is 0.242 e. The van der Waals surface area contributed by atoms with E-state index >= 15 is 0 Å². The van der Waals surface area contributed by atoms with Crippen LogP contribution in [-0.2, 0) is 5.41 Å². The number of nitrogens with zero attached hydrogens (tertiary/aromatic N) is 2. The molecule has 12 rings (SSSR count). The van der Waals surface area contributed by atoms with Gasteiger partial charge in [-0.25, -0.2) is 0 Å². The second kappa shape index (κ2) is 14.1. The summed E-state index contributed by atoms with van der Waals surface area (Å²) in [6.07, 6.45) is 12.2. The lowest BCUT2D eigenvalue weighted by atomic mass is 9.29. The number of thiophene rings is 1. The standard InChI is InChI=1S/C61H63BN2S/c1-35-28-43-56-55-42(54-41-20-14-17-23-53(41)65-58(54)56)31-39(59(5,6)7)32-47(55)62-46-25-24-40(63(48-21-15-12-18-36(48)2)49-22-16-13-19-37(49)3)33-51(46)64(52(29-35)57(43)62)50-34-45-44(30-38(50)4)60(8,9)26-27-61(45,10)11/h12-25,28-32,50-51,56H,26-27,33-34H2,1-11H3. The Morgan fingerprint density at radius 1 is 0.738 bits per heavy atom. The number of para-hydroxylation sites is 2. The lowest BCUT2D eigenvalue weighted by Crippen LogP contribution is -2.64. The molecule has 0 N–H and O–H groups in total. The largest absolute Gasteiger partial charge is 0.359 e. The van der Waals surface area contributed by atoms with Crippen molar-refractivity contribution in [2.45, 2.75) is 125 Å². The van der Waals surface area contributed by atoms with Gasteiger partial charge in [-0.15, -0.1) is 11.3 Å². The molecule has 3 heterocycles. The molecule has 0 spiro atoms. The fourth-order valence-electron chi connectivity index (χ4n) is 13.3. The smallest absolute Gasteiger partial charge is 0.242 e. The fourth-order valence-corrected chi connectivity index (χ4v) is 14.6. The second-order valence-corrected chi connectivity index (χ2v) is 24.0. The van der Waals surface area contributed by atoms with Gasteiger partial charge in [0.1, 0.15) is 0 Å². The topological polar surface area (TPSA) is 6.48 Å². The van der Waals surface area contributed by atoms with Gasteiger partial charge in [-0.1, -0.05) is 155 Å². The third-order valence-corrected chi connectivity index (χ3v) is 18.1. The molecule has 2 aliphatic heterocycles. The van der Waals surface area contributed by atoms with E-state index in [0.717, 1.165) is 12.8 Å². The number of fused-ring (bicyclic) bond motifs is 9. The van der Waals surface area contributed by atoms with E-state index in [0.29, 0.717) is 0 Å². The van der Waals surface area contributed by atoms with Gasteiger partial charge in [-0.05, 0) is 144 Å². The SMILES string of the molecule is CC1=CC2=C(CC1N1c3cc(C)cc4c3B(C3=CC=C(N(c5ccccc5C)c5ccccc5C)CC31)c1cc(C(C)(C)C)cc3c1C4c1sc4ccccc4c1-3)C(C)(C)CCC2(C)C. The van der Waals surface area contributed by atoms with Gasteiger partial charge in [0.15, 0.2) is 0 Å². The van der Waals surface area contributed by atoms with Crippen LogP contribution < -0.4 is 20.7 Å². The molecule has 3 unspecified atom stereocenters. The van der Waals surface area contributed by atoms with Crippen molar-refractivity contribution in [3.8, 4) is 11.1 Å². The summed E-state index contributed by atoms with van der Waals surface area (Å²) >= 11 is 2.04. The molecule has 0 bridgehead atoms. The van der Waals surface area contributed by atoms with Gasteiger partial charge in [0.2, 0.25) is 6.71 Å². The summed E-state index contributed by atoms with van der Waals surface area (Å²) in [7, 11) is 0. The van der Waals surface area contributed by atoms with E-state index in [9.17, 15) is 0 Å². The maximum atomic E-state index is 2.99. The molecule has 0 saturated heterocycles. The van der Waals surface area contributed by atoms with Crippen molar-refractivity contribution in [3.63, 3.8) is 0 Å². The van der Waals surface area contributed by atoms with Crippen molar-refractivity contribution in [1.29, 1.82) is 0 Å². The molecular formula is C61H63BN2S. The van der Waals surface area contributed by atoms with Crippen LogP contribution in [0.5, 0.6) is 0 Å². The molecule has 6 aromatic rings.